The molecule has 6 heteroatoms. The van der Waals surface area contributed by atoms with Crippen LogP contribution in [0.25, 0.3) is 0 Å². The number of hydrogen-bond acceptors (Lipinski definition) is 3. The molecule has 2 rings (SSSR count). The van der Waals surface area contributed by atoms with Crippen molar-refractivity contribution >= 4 is 23.5 Å². The van der Waals surface area contributed by atoms with Crippen LogP contribution in [0, 0.1) is 5.82 Å². The Morgan fingerprint density at radius 2 is 2.00 bits per heavy atom. The molecule has 0 radical (unpaired) electrons. The molecule has 0 heterocycles. The number of ether oxygens (including phenoxy) is 1. The summed E-state index contributed by atoms with van der Waals surface area (Å²) in [6.45, 7) is 0.573. The van der Waals surface area contributed by atoms with Crippen molar-refractivity contribution in [3.8, 4) is 5.75 Å². The van der Waals surface area contributed by atoms with Gasteiger partial charge in [0.25, 0.3) is 0 Å². The summed E-state index contributed by atoms with van der Waals surface area (Å²) in [5, 5.41) is 5.55. The van der Waals surface area contributed by atoms with Crippen LogP contribution in [-0.4, -0.2) is 25.4 Å². The van der Waals surface area contributed by atoms with Gasteiger partial charge in [-0.05, 0) is 48.6 Å². The molecule has 0 aliphatic rings. The second kappa shape index (κ2) is 9.05. The molecule has 23 heavy (non-hydrogen) atoms. The lowest BCUT2D eigenvalue weighted by Gasteiger charge is -2.08. The average molecular weight is 334 g/mol. The molecule has 0 fully saturated rings. The molecule has 4 nitrogen and oxygen atoms in total. The number of carbonyl (C=O) groups excluding carboxylic acids is 1. The van der Waals surface area contributed by atoms with Crippen molar-refractivity contribution in [3.05, 3.63) is 54.3 Å². The lowest BCUT2D eigenvalue weighted by atomic mass is 10.3. The van der Waals surface area contributed by atoms with E-state index < -0.39 is 0 Å². The second-order valence-electron chi connectivity index (χ2n) is 4.77. The van der Waals surface area contributed by atoms with Gasteiger partial charge in [-0.15, -0.1) is 11.8 Å². The van der Waals surface area contributed by atoms with E-state index in [9.17, 15) is 9.18 Å². The molecule has 0 saturated carbocycles. The Bertz CT molecular complexity index is 635. The van der Waals surface area contributed by atoms with Gasteiger partial charge in [0, 0.05) is 23.2 Å². The SMILES string of the molecule is COc1cccc(NC(=O)NCCCSc2ccc(F)cc2)c1. The topological polar surface area (TPSA) is 50.4 Å². The first-order valence-corrected chi connectivity index (χ1v) is 8.23. The van der Waals surface area contributed by atoms with E-state index in [1.54, 1.807) is 43.1 Å². The summed E-state index contributed by atoms with van der Waals surface area (Å²) in [6, 6.07) is 13.3. The molecule has 0 unspecified atom stereocenters. The Morgan fingerprint density at radius 3 is 2.74 bits per heavy atom. The van der Waals surface area contributed by atoms with E-state index in [0.29, 0.717) is 18.0 Å². The molecule has 2 N–H and O–H groups in total. The fourth-order valence-corrected chi connectivity index (χ4v) is 2.72. The molecule has 0 aliphatic heterocycles. The minimum absolute atomic E-state index is 0.231. The van der Waals surface area contributed by atoms with Crippen LogP contribution in [0.5, 0.6) is 5.75 Å². The van der Waals surface area contributed by atoms with E-state index in [4.69, 9.17) is 4.74 Å². The zero-order valence-electron chi connectivity index (χ0n) is 12.8. The first-order chi connectivity index (χ1) is 11.2. The lowest BCUT2D eigenvalue weighted by Crippen LogP contribution is -2.29. The number of thioether (sulfide) groups is 1. The van der Waals surface area contributed by atoms with Gasteiger partial charge < -0.3 is 15.4 Å². The number of hydrogen-bond donors (Lipinski definition) is 2. The van der Waals surface area contributed by atoms with Crippen LogP contribution < -0.4 is 15.4 Å². The van der Waals surface area contributed by atoms with Crippen molar-refractivity contribution in [2.75, 3.05) is 24.7 Å². The zero-order valence-corrected chi connectivity index (χ0v) is 13.7. The minimum Gasteiger partial charge on any atom is -0.497 e. The van der Waals surface area contributed by atoms with Gasteiger partial charge in [0.15, 0.2) is 0 Å². The standard InChI is InChI=1S/C17H19FN2O2S/c1-22-15-5-2-4-14(12-15)20-17(21)19-10-3-11-23-16-8-6-13(18)7-9-16/h2,4-9,12H,3,10-11H2,1H3,(H2,19,20,21). The summed E-state index contributed by atoms with van der Waals surface area (Å²) >= 11 is 1.63. The summed E-state index contributed by atoms with van der Waals surface area (Å²) in [5.74, 6) is 1.31. The fraction of sp³-hybridized carbons (Fsp3) is 0.235. The normalized spacial score (nSPS) is 10.2. The van der Waals surface area contributed by atoms with Crippen LogP contribution in [0.15, 0.2) is 53.4 Å². The minimum atomic E-state index is -0.245. The first-order valence-electron chi connectivity index (χ1n) is 7.24. The predicted molar refractivity (Wildman–Crippen MR) is 91.8 cm³/mol. The highest BCUT2D eigenvalue weighted by molar-refractivity contribution is 7.99. The predicted octanol–water partition coefficient (Wildman–Crippen LogP) is 4.14. The van der Waals surface area contributed by atoms with Crippen molar-refractivity contribution in [1.82, 2.24) is 5.32 Å². The highest BCUT2D eigenvalue weighted by atomic mass is 32.2. The maximum atomic E-state index is 12.8. The van der Waals surface area contributed by atoms with Crippen LogP contribution >= 0.6 is 11.8 Å². The number of benzene rings is 2. The van der Waals surface area contributed by atoms with Crippen LogP contribution in [0.1, 0.15) is 6.42 Å². The highest BCUT2D eigenvalue weighted by Crippen LogP contribution is 2.18. The highest BCUT2D eigenvalue weighted by Gasteiger charge is 2.02. The molecule has 2 aromatic rings. The number of carbonyl (C=O) groups is 1. The third-order valence-electron chi connectivity index (χ3n) is 3.02. The Balaban J connectivity index is 1.63. The Morgan fingerprint density at radius 1 is 1.22 bits per heavy atom. The largest absolute Gasteiger partial charge is 0.497 e. The van der Waals surface area contributed by atoms with E-state index in [2.05, 4.69) is 10.6 Å². The summed E-state index contributed by atoms with van der Waals surface area (Å²) in [4.78, 5) is 12.8. The summed E-state index contributed by atoms with van der Waals surface area (Å²) < 4.78 is 17.9. The van der Waals surface area contributed by atoms with Crippen molar-refractivity contribution < 1.29 is 13.9 Å². The average Bonchev–Trinajstić information content (AvgIpc) is 2.56. The van der Waals surface area contributed by atoms with Crippen molar-refractivity contribution in [3.63, 3.8) is 0 Å². The monoisotopic (exact) mass is 334 g/mol. The van der Waals surface area contributed by atoms with Gasteiger partial charge in [-0.2, -0.15) is 0 Å². The number of methoxy groups -OCH3 is 1. The Labute approximate surface area is 139 Å². The zero-order chi connectivity index (χ0) is 16.5. The number of halogens is 1. The summed E-state index contributed by atoms with van der Waals surface area (Å²) in [6.07, 6.45) is 0.827. The quantitative estimate of drug-likeness (QED) is 0.591. The number of urea groups is 1. The number of anilines is 1. The molecule has 0 bridgehead atoms. The molecule has 0 spiro atoms. The van der Waals surface area contributed by atoms with Crippen LogP contribution in [0.2, 0.25) is 0 Å². The molecule has 2 aromatic carbocycles. The van der Waals surface area contributed by atoms with Gasteiger partial charge in [0.2, 0.25) is 0 Å². The second-order valence-corrected chi connectivity index (χ2v) is 5.94. The molecule has 0 saturated heterocycles. The van der Waals surface area contributed by atoms with Gasteiger partial charge in [-0.25, -0.2) is 9.18 Å². The van der Waals surface area contributed by atoms with E-state index >= 15 is 0 Å². The maximum Gasteiger partial charge on any atom is 0.319 e. The molecular formula is C17H19FN2O2S. The number of nitrogens with one attached hydrogen (secondary N) is 2. The van der Waals surface area contributed by atoms with E-state index in [1.807, 2.05) is 12.1 Å². The van der Waals surface area contributed by atoms with E-state index in [1.165, 1.54) is 12.1 Å². The fourth-order valence-electron chi connectivity index (χ4n) is 1.87. The number of rotatable bonds is 7. The first kappa shape index (κ1) is 17.1. The van der Waals surface area contributed by atoms with Crippen LogP contribution in [0.3, 0.4) is 0 Å². The van der Waals surface area contributed by atoms with Gasteiger partial charge in [-0.1, -0.05) is 6.07 Å². The van der Waals surface area contributed by atoms with Gasteiger partial charge in [0.05, 0.1) is 7.11 Å². The maximum absolute atomic E-state index is 12.8. The summed E-state index contributed by atoms with van der Waals surface area (Å²) in [7, 11) is 1.58. The molecule has 0 atom stereocenters. The third-order valence-corrected chi connectivity index (χ3v) is 4.11. The lowest BCUT2D eigenvalue weighted by molar-refractivity contribution is 0.252. The van der Waals surface area contributed by atoms with Crippen molar-refractivity contribution in [2.24, 2.45) is 0 Å². The number of amides is 2. The molecule has 122 valence electrons. The Hall–Kier alpha value is -2.21. The van der Waals surface area contributed by atoms with Crippen LogP contribution in [-0.2, 0) is 0 Å². The van der Waals surface area contributed by atoms with Crippen molar-refractivity contribution in [2.45, 2.75) is 11.3 Å². The summed E-state index contributed by atoms with van der Waals surface area (Å²) in [5.41, 5.74) is 0.683. The smallest absolute Gasteiger partial charge is 0.319 e. The van der Waals surface area contributed by atoms with E-state index in [0.717, 1.165) is 17.1 Å². The molecule has 2 amide bonds. The van der Waals surface area contributed by atoms with Gasteiger partial charge in [-0.3, -0.25) is 0 Å². The van der Waals surface area contributed by atoms with Crippen molar-refractivity contribution in [1.29, 1.82) is 0 Å². The van der Waals surface area contributed by atoms with E-state index in [-0.39, 0.29) is 11.8 Å². The Kier molecular flexibility index (Phi) is 6.75. The third kappa shape index (κ3) is 6.20. The van der Waals surface area contributed by atoms with Gasteiger partial charge >= 0.3 is 6.03 Å². The van der Waals surface area contributed by atoms with Crippen LogP contribution in [0.4, 0.5) is 14.9 Å². The molecular weight excluding hydrogens is 315 g/mol. The molecule has 0 aliphatic carbocycles. The molecule has 0 aromatic heterocycles. The van der Waals surface area contributed by atoms with Gasteiger partial charge in [0.1, 0.15) is 11.6 Å².